The van der Waals surface area contributed by atoms with E-state index in [2.05, 4.69) is 21.0 Å². The maximum Gasteiger partial charge on any atom is 0.303 e. The van der Waals surface area contributed by atoms with E-state index >= 15 is 0 Å². The number of hydrazine groups is 1. The number of nitrogens with zero attached hydrogens (tertiary/aromatic N) is 2. The van der Waals surface area contributed by atoms with E-state index < -0.39 is 17.8 Å². The molecule has 0 bridgehead atoms. The second-order valence-corrected chi connectivity index (χ2v) is 3.36. The number of aromatic nitrogens is 2. The number of carbonyl (C=O) groups excluding carboxylic acids is 2. The van der Waals surface area contributed by atoms with Crippen LogP contribution in [0, 0.1) is 0 Å². The molecule has 0 spiro atoms. The molecule has 3 N–H and O–H groups in total. The Hall–Kier alpha value is -2.51. The highest BCUT2D eigenvalue weighted by Crippen LogP contribution is 1.94. The lowest BCUT2D eigenvalue weighted by Gasteiger charge is -2.05. The van der Waals surface area contributed by atoms with Crippen molar-refractivity contribution < 1.29 is 19.5 Å². The number of hydrogen-bond acceptors (Lipinski definition) is 5. The van der Waals surface area contributed by atoms with E-state index in [1.54, 1.807) is 0 Å². The van der Waals surface area contributed by atoms with Gasteiger partial charge in [0, 0.05) is 19.0 Å². The van der Waals surface area contributed by atoms with Crippen LogP contribution in [0.5, 0.6) is 0 Å². The monoisotopic (exact) mass is 252 g/mol. The Kier molecular flexibility index (Phi) is 5.23. The molecule has 0 saturated carbocycles. The molecule has 8 heteroatoms. The molecule has 0 saturated heterocycles. The van der Waals surface area contributed by atoms with Crippen molar-refractivity contribution in [2.24, 2.45) is 0 Å². The van der Waals surface area contributed by atoms with Crippen LogP contribution in [-0.2, 0) is 9.59 Å². The lowest BCUT2D eigenvalue weighted by atomic mass is 10.2. The number of carboxylic acids is 1. The van der Waals surface area contributed by atoms with Gasteiger partial charge in [0.15, 0.2) is 5.69 Å². The third-order valence-electron chi connectivity index (χ3n) is 1.91. The molecule has 1 aromatic heterocycles. The molecule has 18 heavy (non-hydrogen) atoms. The second kappa shape index (κ2) is 6.94. The molecule has 8 nitrogen and oxygen atoms in total. The molecule has 0 unspecified atom stereocenters. The van der Waals surface area contributed by atoms with E-state index in [0.29, 0.717) is 0 Å². The molecule has 0 aliphatic heterocycles. The maximum atomic E-state index is 11.4. The molecule has 1 rings (SSSR count). The van der Waals surface area contributed by atoms with Gasteiger partial charge in [0.1, 0.15) is 0 Å². The predicted octanol–water partition coefficient (Wildman–Crippen LogP) is -0.508. The fourth-order valence-electron chi connectivity index (χ4n) is 1.08. The van der Waals surface area contributed by atoms with E-state index in [1.807, 2.05) is 0 Å². The summed E-state index contributed by atoms with van der Waals surface area (Å²) >= 11 is 0. The number of amides is 2. The molecule has 0 radical (unpaired) electrons. The molecule has 1 heterocycles. The quantitative estimate of drug-likeness (QED) is 0.607. The van der Waals surface area contributed by atoms with Crippen LogP contribution < -0.4 is 10.9 Å². The highest BCUT2D eigenvalue weighted by atomic mass is 16.4. The topological polar surface area (TPSA) is 121 Å². The van der Waals surface area contributed by atoms with Gasteiger partial charge < -0.3 is 5.11 Å². The van der Waals surface area contributed by atoms with Crippen molar-refractivity contribution in [1.82, 2.24) is 21.0 Å². The van der Waals surface area contributed by atoms with Crippen LogP contribution in [0.1, 0.15) is 29.8 Å². The maximum absolute atomic E-state index is 11.4. The summed E-state index contributed by atoms with van der Waals surface area (Å²) in [5, 5.41) is 15.4. The Morgan fingerprint density at radius 2 is 2.00 bits per heavy atom. The number of carboxylic acid groups (broad SMARTS) is 1. The fourth-order valence-corrected chi connectivity index (χ4v) is 1.08. The number of rotatable bonds is 5. The smallest absolute Gasteiger partial charge is 0.303 e. The van der Waals surface area contributed by atoms with Gasteiger partial charge in [0.05, 0.1) is 0 Å². The zero-order valence-corrected chi connectivity index (χ0v) is 9.42. The van der Waals surface area contributed by atoms with E-state index in [0.717, 1.165) is 0 Å². The third-order valence-corrected chi connectivity index (χ3v) is 1.91. The van der Waals surface area contributed by atoms with E-state index in [9.17, 15) is 14.4 Å². The highest BCUT2D eigenvalue weighted by Gasteiger charge is 2.08. The summed E-state index contributed by atoms with van der Waals surface area (Å²) in [6, 6.07) is 2.98. The molecule has 0 aromatic carbocycles. The Morgan fingerprint density at radius 3 is 2.61 bits per heavy atom. The third kappa shape index (κ3) is 5.01. The summed E-state index contributed by atoms with van der Waals surface area (Å²) in [5.74, 6) is -2.02. The summed E-state index contributed by atoms with van der Waals surface area (Å²) in [6.45, 7) is 0. The summed E-state index contributed by atoms with van der Waals surface area (Å²) in [6.07, 6.45) is 1.56. The van der Waals surface area contributed by atoms with E-state index in [4.69, 9.17) is 5.11 Å². The Labute approximate surface area is 102 Å². The van der Waals surface area contributed by atoms with Crippen molar-refractivity contribution >= 4 is 17.8 Å². The fraction of sp³-hybridized carbons (Fsp3) is 0.300. The summed E-state index contributed by atoms with van der Waals surface area (Å²) in [4.78, 5) is 32.8. The van der Waals surface area contributed by atoms with Gasteiger partial charge in [-0.3, -0.25) is 25.2 Å². The summed E-state index contributed by atoms with van der Waals surface area (Å²) in [5.41, 5.74) is 4.38. The minimum atomic E-state index is -0.966. The molecular formula is C10H12N4O4. The van der Waals surface area contributed by atoms with Crippen molar-refractivity contribution in [3.8, 4) is 0 Å². The van der Waals surface area contributed by atoms with Gasteiger partial charge in [-0.15, -0.1) is 5.10 Å². The molecule has 0 aliphatic rings. The van der Waals surface area contributed by atoms with Gasteiger partial charge in [-0.2, -0.15) is 5.10 Å². The Bertz CT molecular complexity index is 435. The zero-order chi connectivity index (χ0) is 13.4. The molecule has 0 atom stereocenters. The van der Waals surface area contributed by atoms with Gasteiger partial charge in [-0.25, -0.2) is 0 Å². The first-order chi connectivity index (χ1) is 8.59. The molecule has 96 valence electrons. The minimum Gasteiger partial charge on any atom is -0.481 e. The zero-order valence-electron chi connectivity index (χ0n) is 9.42. The van der Waals surface area contributed by atoms with Crippen molar-refractivity contribution in [1.29, 1.82) is 0 Å². The average molecular weight is 252 g/mol. The SMILES string of the molecule is O=C(O)CCCC(=O)NNC(=O)c1cccnn1. The first-order valence-electron chi connectivity index (χ1n) is 5.18. The molecule has 1 aromatic rings. The number of nitrogens with one attached hydrogen (secondary N) is 2. The summed E-state index contributed by atoms with van der Waals surface area (Å²) < 4.78 is 0. The van der Waals surface area contributed by atoms with Gasteiger partial charge in [-0.1, -0.05) is 0 Å². The molecule has 0 fully saturated rings. The van der Waals surface area contributed by atoms with Crippen LogP contribution in [0.3, 0.4) is 0 Å². The lowest BCUT2D eigenvalue weighted by molar-refractivity contribution is -0.137. The van der Waals surface area contributed by atoms with E-state index in [-0.39, 0.29) is 25.0 Å². The van der Waals surface area contributed by atoms with Crippen molar-refractivity contribution in [2.45, 2.75) is 19.3 Å². The summed E-state index contributed by atoms with van der Waals surface area (Å²) in [7, 11) is 0. The van der Waals surface area contributed by atoms with Crippen molar-refractivity contribution in [3.63, 3.8) is 0 Å². The van der Waals surface area contributed by atoms with Crippen molar-refractivity contribution in [3.05, 3.63) is 24.0 Å². The molecule has 2 amide bonds. The van der Waals surface area contributed by atoms with Crippen LogP contribution >= 0.6 is 0 Å². The van der Waals surface area contributed by atoms with Gasteiger partial charge >= 0.3 is 5.97 Å². The first kappa shape index (κ1) is 13.6. The van der Waals surface area contributed by atoms with Crippen molar-refractivity contribution in [2.75, 3.05) is 0 Å². The second-order valence-electron chi connectivity index (χ2n) is 3.36. The van der Waals surface area contributed by atoms with E-state index in [1.165, 1.54) is 18.3 Å². The molecule has 0 aliphatic carbocycles. The van der Waals surface area contributed by atoms with Crippen LogP contribution in [0.25, 0.3) is 0 Å². The van der Waals surface area contributed by atoms with Crippen LogP contribution in [0.4, 0.5) is 0 Å². The van der Waals surface area contributed by atoms with Gasteiger partial charge in [0.2, 0.25) is 5.91 Å². The first-order valence-corrected chi connectivity index (χ1v) is 5.18. The number of carbonyl (C=O) groups is 3. The van der Waals surface area contributed by atoms with Gasteiger partial charge in [-0.05, 0) is 18.6 Å². The molecular weight excluding hydrogens is 240 g/mol. The van der Waals surface area contributed by atoms with Gasteiger partial charge in [0.25, 0.3) is 5.91 Å². The normalized spacial score (nSPS) is 9.56. The van der Waals surface area contributed by atoms with Crippen LogP contribution in [0.15, 0.2) is 18.3 Å². The number of hydrogen-bond donors (Lipinski definition) is 3. The standard InChI is InChI=1S/C10H12N4O4/c15-8(4-1-5-9(16)17)13-14-10(18)7-3-2-6-11-12-7/h2-3,6H,1,4-5H2,(H,13,15)(H,14,18)(H,16,17). The Balaban J connectivity index is 2.26. The average Bonchev–Trinajstić information content (AvgIpc) is 2.36. The highest BCUT2D eigenvalue weighted by molar-refractivity contribution is 5.93. The number of aliphatic carboxylic acids is 1. The Morgan fingerprint density at radius 1 is 1.22 bits per heavy atom. The van der Waals surface area contributed by atoms with Crippen LogP contribution in [0.2, 0.25) is 0 Å². The van der Waals surface area contributed by atoms with Crippen LogP contribution in [-0.4, -0.2) is 33.1 Å². The minimum absolute atomic E-state index is 0.0209. The lowest BCUT2D eigenvalue weighted by Crippen LogP contribution is -2.41. The predicted molar refractivity (Wildman–Crippen MR) is 59.1 cm³/mol. The largest absolute Gasteiger partial charge is 0.481 e.